The molecule has 122 valence electrons. The van der Waals surface area contributed by atoms with Crippen molar-refractivity contribution in [2.75, 3.05) is 5.88 Å². The van der Waals surface area contributed by atoms with Gasteiger partial charge in [-0.1, -0.05) is 78.1 Å². The summed E-state index contributed by atoms with van der Waals surface area (Å²) >= 11 is 5.38. The molecule has 0 rings (SSSR count). The second-order valence-corrected chi connectivity index (χ2v) is 5.75. The van der Waals surface area contributed by atoms with Gasteiger partial charge in [0.05, 0.1) is 0 Å². The summed E-state index contributed by atoms with van der Waals surface area (Å²) in [6, 6.07) is 0. The van der Waals surface area contributed by atoms with Gasteiger partial charge in [0.2, 0.25) is 0 Å². The molecule has 0 heterocycles. The van der Waals surface area contributed by atoms with Crippen LogP contribution in [-0.4, -0.2) is 17.0 Å². The zero-order valence-corrected chi connectivity index (χ0v) is 14.4. The van der Waals surface area contributed by atoms with Crippen molar-refractivity contribution >= 4 is 17.6 Å². The lowest BCUT2D eigenvalue weighted by Crippen LogP contribution is -1.93. The summed E-state index contributed by atoms with van der Waals surface area (Å²) in [5.74, 6) is 0.168. The molecule has 3 heteroatoms. The number of rotatable bonds is 13. The van der Waals surface area contributed by atoms with E-state index in [1.54, 1.807) is 0 Å². The monoisotopic (exact) mass is 306 g/mol. The number of hydrogen-bond acceptors (Lipinski definition) is 1. The van der Waals surface area contributed by atoms with Crippen LogP contribution in [0.1, 0.15) is 97.3 Å². The van der Waals surface area contributed by atoms with Crippen LogP contribution in [0.2, 0.25) is 0 Å². The smallest absolute Gasteiger partial charge is 0.303 e. The third kappa shape index (κ3) is 26.3. The summed E-state index contributed by atoms with van der Waals surface area (Å²) in [5, 5.41) is 8.41. The molecule has 0 amide bonds. The third-order valence-corrected chi connectivity index (χ3v) is 3.50. The fraction of sp³-hybridized carbons (Fsp3) is 0.941. The van der Waals surface area contributed by atoms with Gasteiger partial charge in [-0.3, -0.25) is 4.79 Å². The van der Waals surface area contributed by atoms with E-state index < -0.39 is 5.97 Å². The average molecular weight is 307 g/mol. The van der Waals surface area contributed by atoms with Crippen LogP contribution in [0.3, 0.4) is 0 Å². The largest absolute Gasteiger partial charge is 0.481 e. The second-order valence-electron chi connectivity index (χ2n) is 5.37. The first-order valence-corrected chi connectivity index (χ1v) is 9.00. The predicted octanol–water partition coefficient (Wildman–Crippen LogP) is 6.41. The summed E-state index contributed by atoms with van der Waals surface area (Å²) in [4.78, 5) is 10.2. The lowest BCUT2D eigenvalue weighted by atomic mass is 10.1. The molecule has 0 saturated carbocycles. The van der Waals surface area contributed by atoms with Crippen molar-refractivity contribution in [1.82, 2.24) is 0 Å². The van der Waals surface area contributed by atoms with E-state index in [9.17, 15) is 4.79 Å². The summed E-state index contributed by atoms with van der Waals surface area (Å²) in [5.41, 5.74) is 0. The van der Waals surface area contributed by atoms with Gasteiger partial charge in [-0.2, -0.15) is 0 Å². The highest BCUT2D eigenvalue weighted by Gasteiger charge is 1.96. The molecule has 0 saturated heterocycles. The molecule has 0 atom stereocenters. The Morgan fingerprint density at radius 2 is 1.15 bits per heavy atom. The molecule has 0 aliphatic heterocycles. The number of carbonyl (C=O) groups is 1. The lowest BCUT2D eigenvalue weighted by Gasteiger charge is -2.00. The summed E-state index contributed by atoms with van der Waals surface area (Å²) < 4.78 is 0. The second kappa shape index (κ2) is 21.1. The van der Waals surface area contributed by atoms with Gasteiger partial charge in [-0.25, -0.2) is 0 Å². The van der Waals surface area contributed by atoms with E-state index in [4.69, 9.17) is 16.7 Å². The van der Waals surface area contributed by atoms with Gasteiger partial charge in [-0.15, -0.1) is 11.6 Å². The maximum absolute atomic E-state index is 10.2. The topological polar surface area (TPSA) is 37.3 Å². The molecule has 0 aromatic heterocycles. The van der Waals surface area contributed by atoms with Crippen molar-refractivity contribution in [3.05, 3.63) is 0 Å². The maximum Gasteiger partial charge on any atom is 0.303 e. The van der Waals surface area contributed by atoms with Crippen LogP contribution >= 0.6 is 11.6 Å². The van der Waals surface area contributed by atoms with E-state index in [0.717, 1.165) is 18.7 Å². The van der Waals surface area contributed by atoms with Gasteiger partial charge in [-0.05, 0) is 12.8 Å². The Hall–Kier alpha value is -0.240. The standard InChI is InChI=1S/C12H24O2.C5H11Cl/c1-2-3-4-5-6-7-8-9-10-11-12(13)14;1-2-3-4-5-6/h2-11H2,1H3,(H,13,14);2-5H2,1H3. The van der Waals surface area contributed by atoms with E-state index in [1.165, 1.54) is 64.2 Å². The summed E-state index contributed by atoms with van der Waals surface area (Å²) in [7, 11) is 0. The molecule has 0 unspecified atom stereocenters. The maximum atomic E-state index is 10.2. The van der Waals surface area contributed by atoms with E-state index >= 15 is 0 Å². The quantitative estimate of drug-likeness (QED) is 0.315. The Kier molecular flexibility index (Phi) is 23.2. The molecule has 0 radical (unpaired) electrons. The van der Waals surface area contributed by atoms with Crippen molar-refractivity contribution in [2.45, 2.75) is 97.3 Å². The third-order valence-electron chi connectivity index (χ3n) is 3.23. The van der Waals surface area contributed by atoms with Gasteiger partial charge in [0.1, 0.15) is 0 Å². The van der Waals surface area contributed by atoms with Crippen LogP contribution in [-0.2, 0) is 4.79 Å². The number of carboxylic acids is 1. The van der Waals surface area contributed by atoms with Crippen molar-refractivity contribution in [3.63, 3.8) is 0 Å². The molecule has 1 N–H and O–H groups in total. The molecule has 2 nitrogen and oxygen atoms in total. The molecule has 0 bridgehead atoms. The van der Waals surface area contributed by atoms with Crippen LogP contribution in [0.5, 0.6) is 0 Å². The number of carboxylic acid groups (broad SMARTS) is 1. The first-order valence-electron chi connectivity index (χ1n) is 8.46. The number of hydrogen-bond donors (Lipinski definition) is 1. The van der Waals surface area contributed by atoms with Crippen molar-refractivity contribution in [2.24, 2.45) is 0 Å². The lowest BCUT2D eigenvalue weighted by molar-refractivity contribution is -0.137. The van der Waals surface area contributed by atoms with E-state index in [0.29, 0.717) is 6.42 Å². The normalized spacial score (nSPS) is 9.95. The minimum atomic E-state index is -0.659. The average Bonchev–Trinajstić information content (AvgIpc) is 2.43. The molecule has 0 fully saturated rings. The van der Waals surface area contributed by atoms with Gasteiger partial charge in [0, 0.05) is 12.3 Å². The first kappa shape index (κ1) is 22.0. The number of alkyl halides is 1. The van der Waals surface area contributed by atoms with Gasteiger partial charge in [0.25, 0.3) is 0 Å². The number of aliphatic carboxylic acids is 1. The van der Waals surface area contributed by atoms with Gasteiger partial charge >= 0.3 is 5.97 Å². The first-order chi connectivity index (χ1) is 9.68. The zero-order chi connectivity index (χ0) is 15.5. The highest BCUT2D eigenvalue weighted by atomic mass is 35.5. The SMILES string of the molecule is CCCCCCCCCCCC(=O)O.CCCCCCl. The fourth-order valence-electron chi connectivity index (χ4n) is 1.93. The highest BCUT2D eigenvalue weighted by molar-refractivity contribution is 6.17. The summed E-state index contributed by atoms with van der Waals surface area (Å²) in [6.07, 6.45) is 15.2. The number of halogens is 1. The van der Waals surface area contributed by atoms with Gasteiger partial charge < -0.3 is 5.11 Å². The molecule has 20 heavy (non-hydrogen) atoms. The molecular formula is C17H35ClO2. The van der Waals surface area contributed by atoms with Crippen LogP contribution in [0.4, 0.5) is 0 Å². The van der Waals surface area contributed by atoms with Crippen molar-refractivity contribution in [3.8, 4) is 0 Å². The van der Waals surface area contributed by atoms with Crippen molar-refractivity contribution < 1.29 is 9.90 Å². The van der Waals surface area contributed by atoms with Crippen LogP contribution < -0.4 is 0 Å². The van der Waals surface area contributed by atoms with Crippen LogP contribution in [0.15, 0.2) is 0 Å². The Balaban J connectivity index is 0. The Morgan fingerprint density at radius 1 is 0.750 bits per heavy atom. The minimum Gasteiger partial charge on any atom is -0.481 e. The molecule has 0 aromatic rings. The van der Waals surface area contributed by atoms with Crippen LogP contribution in [0.25, 0.3) is 0 Å². The predicted molar refractivity (Wildman–Crippen MR) is 89.7 cm³/mol. The molecule has 0 aliphatic carbocycles. The molecular weight excluding hydrogens is 272 g/mol. The highest BCUT2D eigenvalue weighted by Crippen LogP contribution is 2.10. The fourth-order valence-corrected chi connectivity index (χ4v) is 2.12. The Morgan fingerprint density at radius 3 is 1.50 bits per heavy atom. The number of unbranched alkanes of at least 4 members (excludes halogenated alkanes) is 10. The molecule has 0 spiro atoms. The molecule has 0 aliphatic rings. The van der Waals surface area contributed by atoms with E-state index in [1.807, 2.05) is 0 Å². The molecule has 0 aromatic carbocycles. The minimum absolute atomic E-state index is 0.343. The van der Waals surface area contributed by atoms with Crippen LogP contribution in [0, 0.1) is 0 Å². The Bertz CT molecular complexity index is 180. The Labute approximate surface area is 131 Å². The zero-order valence-electron chi connectivity index (χ0n) is 13.6. The summed E-state index contributed by atoms with van der Waals surface area (Å²) in [6.45, 7) is 4.40. The van der Waals surface area contributed by atoms with Gasteiger partial charge in [0.15, 0.2) is 0 Å². The van der Waals surface area contributed by atoms with E-state index in [-0.39, 0.29) is 0 Å². The van der Waals surface area contributed by atoms with E-state index in [2.05, 4.69) is 13.8 Å². The van der Waals surface area contributed by atoms with Crippen molar-refractivity contribution in [1.29, 1.82) is 0 Å².